The highest BCUT2D eigenvalue weighted by Crippen LogP contribution is 2.31. The van der Waals surface area contributed by atoms with Crippen molar-refractivity contribution >= 4 is 23.2 Å². The number of hydrogen-bond acceptors (Lipinski definition) is 3. The van der Waals surface area contributed by atoms with E-state index in [1.807, 2.05) is 0 Å². The van der Waals surface area contributed by atoms with E-state index in [9.17, 15) is 32.5 Å². The molecule has 5 nitrogen and oxygen atoms in total. The lowest BCUT2D eigenvalue weighted by atomic mass is 9.99. The predicted octanol–water partition coefficient (Wildman–Crippen LogP) is 3.17. The summed E-state index contributed by atoms with van der Waals surface area (Å²) in [6.07, 6.45) is -4.58. The van der Waals surface area contributed by atoms with Crippen LogP contribution in [0.2, 0.25) is 5.02 Å². The number of hydrogen-bond donors (Lipinski definition) is 1. The fraction of sp³-hybridized carbons (Fsp3) is 0.364. The largest absolute Gasteiger partial charge is 0.405 e. The second-order valence-electron chi connectivity index (χ2n) is 4.14. The Bertz CT molecular complexity index is 577. The van der Waals surface area contributed by atoms with Gasteiger partial charge in [-0.25, -0.2) is 0 Å². The summed E-state index contributed by atoms with van der Waals surface area (Å²) in [6.45, 7) is -0.332. The van der Waals surface area contributed by atoms with Gasteiger partial charge in [0, 0.05) is 6.07 Å². The molecule has 0 aromatic heterocycles. The average Bonchev–Trinajstić information content (AvgIpc) is 2.36. The van der Waals surface area contributed by atoms with Gasteiger partial charge in [0.05, 0.1) is 15.9 Å². The SMILES string of the molecule is CC(C(=O)NCC(F)(F)F)c1cc(F)c([N+](=O)[O-])cc1Cl. The molecule has 0 saturated heterocycles. The molecule has 0 bridgehead atoms. The number of carbonyl (C=O) groups excluding carboxylic acids is 1. The van der Waals surface area contributed by atoms with Gasteiger partial charge in [0.1, 0.15) is 6.54 Å². The molecule has 1 amide bonds. The second-order valence-corrected chi connectivity index (χ2v) is 4.54. The van der Waals surface area contributed by atoms with Crippen molar-refractivity contribution in [2.45, 2.75) is 19.0 Å². The van der Waals surface area contributed by atoms with Gasteiger partial charge in [-0.3, -0.25) is 14.9 Å². The Labute approximate surface area is 121 Å². The summed E-state index contributed by atoms with van der Waals surface area (Å²) in [6, 6.07) is 1.37. The number of rotatable bonds is 4. The summed E-state index contributed by atoms with van der Waals surface area (Å²) in [5, 5.41) is 11.9. The molecule has 0 heterocycles. The molecule has 10 heteroatoms. The first-order valence-corrected chi connectivity index (χ1v) is 5.88. The molecule has 1 unspecified atom stereocenters. The van der Waals surface area contributed by atoms with Crippen LogP contribution < -0.4 is 5.32 Å². The molecule has 0 aliphatic heterocycles. The number of alkyl halides is 3. The van der Waals surface area contributed by atoms with Crippen molar-refractivity contribution in [1.29, 1.82) is 0 Å². The number of carbonyl (C=O) groups is 1. The zero-order chi connectivity index (χ0) is 16.4. The quantitative estimate of drug-likeness (QED) is 0.524. The fourth-order valence-corrected chi connectivity index (χ4v) is 1.83. The van der Waals surface area contributed by atoms with E-state index in [0.717, 1.165) is 0 Å². The number of nitrogens with zero attached hydrogens (tertiary/aromatic N) is 1. The molecule has 116 valence electrons. The average molecular weight is 329 g/mol. The van der Waals surface area contributed by atoms with Crippen molar-refractivity contribution in [3.8, 4) is 0 Å². The molecule has 0 spiro atoms. The maximum atomic E-state index is 13.5. The minimum atomic E-state index is -4.58. The summed E-state index contributed by atoms with van der Waals surface area (Å²) < 4.78 is 49.4. The van der Waals surface area contributed by atoms with Crippen molar-refractivity contribution in [1.82, 2.24) is 5.32 Å². The van der Waals surface area contributed by atoms with Gasteiger partial charge in [-0.2, -0.15) is 17.6 Å². The predicted molar refractivity (Wildman–Crippen MR) is 65.5 cm³/mol. The summed E-state index contributed by atoms with van der Waals surface area (Å²) in [4.78, 5) is 21.1. The maximum absolute atomic E-state index is 13.5. The lowest BCUT2D eigenvalue weighted by Gasteiger charge is -2.15. The van der Waals surface area contributed by atoms with Gasteiger partial charge >= 0.3 is 11.9 Å². The molecule has 0 fully saturated rings. The zero-order valence-electron chi connectivity index (χ0n) is 10.5. The van der Waals surface area contributed by atoms with Crippen molar-refractivity contribution in [2.75, 3.05) is 6.54 Å². The highest BCUT2D eigenvalue weighted by molar-refractivity contribution is 6.31. The monoisotopic (exact) mass is 328 g/mol. The minimum Gasteiger partial charge on any atom is -0.346 e. The number of nitro benzene ring substituents is 1. The number of nitrogens with one attached hydrogen (secondary N) is 1. The van der Waals surface area contributed by atoms with Crippen LogP contribution in [0.4, 0.5) is 23.2 Å². The van der Waals surface area contributed by atoms with Gasteiger partial charge in [-0.05, 0) is 18.6 Å². The molecule has 0 aliphatic rings. The molecule has 0 saturated carbocycles. The molecule has 1 aromatic carbocycles. The lowest BCUT2D eigenvalue weighted by molar-refractivity contribution is -0.387. The fourth-order valence-electron chi connectivity index (χ4n) is 1.51. The Morgan fingerprint density at radius 2 is 2.05 bits per heavy atom. The van der Waals surface area contributed by atoms with E-state index in [2.05, 4.69) is 0 Å². The van der Waals surface area contributed by atoms with E-state index < -0.39 is 41.0 Å². The first-order chi connectivity index (χ1) is 9.53. The van der Waals surface area contributed by atoms with Crippen LogP contribution in [0.15, 0.2) is 12.1 Å². The van der Waals surface area contributed by atoms with E-state index in [0.29, 0.717) is 12.1 Å². The Balaban J connectivity index is 2.97. The van der Waals surface area contributed by atoms with E-state index in [1.54, 1.807) is 5.32 Å². The molecule has 1 N–H and O–H groups in total. The zero-order valence-corrected chi connectivity index (χ0v) is 11.3. The Morgan fingerprint density at radius 3 is 2.52 bits per heavy atom. The summed E-state index contributed by atoms with van der Waals surface area (Å²) in [5.74, 6) is -3.45. The molecule has 1 rings (SSSR count). The molecule has 21 heavy (non-hydrogen) atoms. The van der Waals surface area contributed by atoms with Gasteiger partial charge in [-0.15, -0.1) is 0 Å². The molecular weight excluding hydrogens is 320 g/mol. The number of amides is 1. The normalized spacial score (nSPS) is 12.9. The molecule has 1 aromatic rings. The molecule has 1 atom stereocenters. The maximum Gasteiger partial charge on any atom is 0.405 e. The number of nitro groups is 1. The van der Waals surface area contributed by atoms with Gasteiger partial charge in [0.25, 0.3) is 0 Å². The Hall–Kier alpha value is -1.90. The first kappa shape index (κ1) is 17.2. The highest BCUT2D eigenvalue weighted by atomic mass is 35.5. The van der Waals surface area contributed by atoms with Crippen LogP contribution in [-0.2, 0) is 4.79 Å². The van der Waals surface area contributed by atoms with Gasteiger partial charge in [-0.1, -0.05) is 11.6 Å². The molecular formula is C11H9ClF4N2O3. The van der Waals surface area contributed by atoms with Crippen LogP contribution in [-0.4, -0.2) is 23.6 Å². The third-order valence-electron chi connectivity index (χ3n) is 2.59. The molecule has 0 aliphatic carbocycles. The smallest absolute Gasteiger partial charge is 0.346 e. The van der Waals surface area contributed by atoms with Gasteiger partial charge in [0.2, 0.25) is 11.7 Å². The van der Waals surface area contributed by atoms with Crippen molar-refractivity contribution < 1.29 is 27.3 Å². The Kier molecular flexibility index (Phi) is 5.10. The van der Waals surface area contributed by atoms with Crippen LogP contribution in [0, 0.1) is 15.9 Å². The van der Waals surface area contributed by atoms with Crippen molar-refractivity contribution in [2.24, 2.45) is 0 Å². The second kappa shape index (κ2) is 6.25. The van der Waals surface area contributed by atoms with Crippen LogP contribution in [0.1, 0.15) is 18.4 Å². The Morgan fingerprint density at radius 1 is 1.48 bits per heavy atom. The number of halogens is 5. The van der Waals surface area contributed by atoms with E-state index in [-0.39, 0.29) is 10.6 Å². The van der Waals surface area contributed by atoms with Crippen molar-refractivity contribution in [3.63, 3.8) is 0 Å². The molecule has 0 radical (unpaired) electrons. The summed E-state index contributed by atoms with van der Waals surface area (Å²) in [7, 11) is 0. The number of benzene rings is 1. The van der Waals surface area contributed by atoms with Crippen LogP contribution >= 0.6 is 11.6 Å². The van der Waals surface area contributed by atoms with Crippen LogP contribution in [0.3, 0.4) is 0 Å². The van der Waals surface area contributed by atoms with E-state index in [4.69, 9.17) is 11.6 Å². The summed E-state index contributed by atoms with van der Waals surface area (Å²) in [5.41, 5.74) is -1.02. The van der Waals surface area contributed by atoms with Gasteiger partial charge < -0.3 is 5.32 Å². The third kappa shape index (κ3) is 4.55. The highest BCUT2D eigenvalue weighted by Gasteiger charge is 2.30. The van der Waals surface area contributed by atoms with Gasteiger partial charge in [0.15, 0.2) is 0 Å². The van der Waals surface area contributed by atoms with Crippen LogP contribution in [0.25, 0.3) is 0 Å². The standard InChI is InChI=1S/C11H9ClF4N2O3/c1-5(10(19)17-4-11(14,15)16)6-2-8(13)9(18(20)21)3-7(6)12/h2-3,5H,4H2,1H3,(H,17,19). The van der Waals surface area contributed by atoms with Crippen LogP contribution in [0.5, 0.6) is 0 Å². The first-order valence-electron chi connectivity index (χ1n) is 5.50. The topological polar surface area (TPSA) is 72.2 Å². The van der Waals surface area contributed by atoms with E-state index in [1.165, 1.54) is 6.92 Å². The van der Waals surface area contributed by atoms with Crippen molar-refractivity contribution in [3.05, 3.63) is 38.7 Å². The van der Waals surface area contributed by atoms with E-state index >= 15 is 0 Å². The third-order valence-corrected chi connectivity index (χ3v) is 2.91. The summed E-state index contributed by atoms with van der Waals surface area (Å²) >= 11 is 5.70. The lowest BCUT2D eigenvalue weighted by Crippen LogP contribution is -2.36. The minimum absolute atomic E-state index is 0.139.